The van der Waals surface area contributed by atoms with Crippen LogP contribution in [0.25, 0.3) is 5.65 Å². The lowest BCUT2D eigenvalue weighted by Gasteiger charge is -2.25. The number of nitrogens with zero attached hydrogens (tertiary/aromatic N) is 2. The average Bonchev–Trinajstić information content (AvgIpc) is 3.02. The van der Waals surface area contributed by atoms with E-state index in [1.165, 1.54) is 0 Å². The lowest BCUT2D eigenvalue weighted by Crippen LogP contribution is -2.52. The molecule has 0 spiro atoms. The highest BCUT2D eigenvalue weighted by atomic mass is 35.5. The Hall–Kier alpha value is -2.08. The lowest BCUT2D eigenvalue weighted by molar-refractivity contribution is -0.144. The minimum Gasteiger partial charge on any atom is -0.480 e. The third-order valence-electron chi connectivity index (χ3n) is 3.92. The summed E-state index contributed by atoms with van der Waals surface area (Å²) in [4.78, 5) is 28.1. The van der Waals surface area contributed by atoms with E-state index in [1.54, 1.807) is 28.8 Å². The zero-order valence-corrected chi connectivity index (χ0v) is 11.9. The number of hydrogen-bond acceptors (Lipinski definition) is 3. The molecule has 1 amide bonds. The van der Waals surface area contributed by atoms with E-state index in [0.717, 1.165) is 12.8 Å². The number of aromatic nitrogens is 2. The minimum atomic E-state index is -1.20. The Balaban J connectivity index is 1.97. The van der Waals surface area contributed by atoms with E-state index in [-0.39, 0.29) is 10.8 Å². The van der Waals surface area contributed by atoms with Gasteiger partial charge in [-0.05, 0) is 25.0 Å². The highest BCUT2D eigenvalue weighted by Crippen LogP contribution is 2.30. The molecule has 1 aliphatic rings. The minimum absolute atomic E-state index is 0.0669. The van der Waals surface area contributed by atoms with Gasteiger partial charge in [0.2, 0.25) is 0 Å². The van der Waals surface area contributed by atoms with Gasteiger partial charge in [0.25, 0.3) is 5.91 Å². The molecule has 0 unspecified atom stereocenters. The Morgan fingerprint density at radius 3 is 2.71 bits per heavy atom. The van der Waals surface area contributed by atoms with Crippen LogP contribution in [0.5, 0.6) is 0 Å². The van der Waals surface area contributed by atoms with Gasteiger partial charge < -0.3 is 10.4 Å². The number of carbonyl (C=O) groups excluding carboxylic acids is 1. The van der Waals surface area contributed by atoms with Crippen molar-refractivity contribution in [3.63, 3.8) is 0 Å². The van der Waals surface area contributed by atoms with E-state index in [0.29, 0.717) is 18.5 Å². The molecule has 0 bridgehead atoms. The maximum absolute atomic E-state index is 12.5. The first-order chi connectivity index (χ1) is 10.0. The number of halogens is 1. The van der Waals surface area contributed by atoms with E-state index in [4.69, 9.17) is 11.6 Å². The summed E-state index contributed by atoms with van der Waals surface area (Å²) in [6.45, 7) is 0. The standard InChI is InChI=1S/C14H14ClN3O3/c15-11-10(18-8-4-1-5-9(18)16-11)12(19)17-14(13(20)21)6-2-3-7-14/h1,4-5,8H,2-3,6-7H2,(H,17,19)(H,20,21). The number of imidazole rings is 1. The number of carboxylic acid groups (broad SMARTS) is 1. The van der Waals surface area contributed by atoms with Crippen molar-refractivity contribution >= 4 is 29.1 Å². The van der Waals surface area contributed by atoms with Crippen LogP contribution in [0.4, 0.5) is 0 Å². The van der Waals surface area contributed by atoms with Crippen LogP contribution in [0, 0.1) is 0 Å². The van der Waals surface area contributed by atoms with Crippen LogP contribution in [0.2, 0.25) is 5.15 Å². The van der Waals surface area contributed by atoms with E-state index in [1.807, 2.05) is 0 Å². The summed E-state index contributed by atoms with van der Waals surface area (Å²) in [5.41, 5.74) is -0.484. The summed E-state index contributed by atoms with van der Waals surface area (Å²) in [5.74, 6) is -1.51. The number of carbonyl (C=O) groups is 2. The molecule has 1 saturated carbocycles. The Morgan fingerprint density at radius 2 is 2.05 bits per heavy atom. The van der Waals surface area contributed by atoms with Gasteiger partial charge in [0.1, 0.15) is 11.2 Å². The summed E-state index contributed by atoms with van der Waals surface area (Å²) < 4.78 is 1.56. The Bertz CT molecular complexity index is 719. The van der Waals surface area contributed by atoms with Gasteiger partial charge in [-0.3, -0.25) is 9.20 Å². The van der Waals surface area contributed by atoms with E-state index < -0.39 is 17.4 Å². The molecule has 2 aromatic rings. The van der Waals surface area contributed by atoms with Crippen LogP contribution in [0.15, 0.2) is 24.4 Å². The molecule has 0 radical (unpaired) electrons. The summed E-state index contributed by atoms with van der Waals surface area (Å²) >= 11 is 6.03. The predicted molar refractivity (Wildman–Crippen MR) is 76.5 cm³/mol. The Labute approximate surface area is 125 Å². The molecule has 1 fully saturated rings. The van der Waals surface area contributed by atoms with Crippen LogP contribution < -0.4 is 5.32 Å². The van der Waals surface area contributed by atoms with Crippen molar-refractivity contribution < 1.29 is 14.7 Å². The molecule has 2 aromatic heterocycles. The first-order valence-corrected chi connectivity index (χ1v) is 7.10. The topological polar surface area (TPSA) is 83.7 Å². The molecule has 7 heteroatoms. The Kier molecular flexibility index (Phi) is 3.33. The highest BCUT2D eigenvalue weighted by molar-refractivity contribution is 6.32. The van der Waals surface area contributed by atoms with Gasteiger partial charge in [-0.15, -0.1) is 0 Å². The molecular formula is C14H14ClN3O3. The van der Waals surface area contributed by atoms with Gasteiger partial charge in [0.15, 0.2) is 10.8 Å². The molecule has 0 saturated heterocycles. The first-order valence-electron chi connectivity index (χ1n) is 6.72. The number of amides is 1. The molecule has 0 aliphatic heterocycles. The van der Waals surface area contributed by atoms with Crippen molar-refractivity contribution in [2.75, 3.05) is 0 Å². The van der Waals surface area contributed by atoms with Gasteiger partial charge in [0.05, 0.1) is 0 Å². The SMILES string of the molecule is O=C(NC1(C(=O)O)CCCC1)c1c(Cl)nc2ccccn12. The smallest absolute Gasteiger partial charge is 0.329 e. The third-order valence-corrected chi connectivity index (χ3v) is 4.19. The van der Waals surface area contributed by atoms with Crippen molar-refractivity contribution in [3.05, 3.63) is 35.2 Å². The average molecular weight is 308 g/mol. The number of pyridine rings is 1. The fourth-order valence-corrected chi connectivity index (χ4v) is 3.08. The van der Waals surface area contributed by atoms with Crippen LogP contribution in [0.3, 0.4) is 0 Å². The van der Waals surface area contributed by atoms with Crippen molar-refractivity contribution in [1.82, 2.24) is 14.7 Å². The molecule has 3 rings (SSSR count). The summed E-state index contributed by atoms with van der Waals surface area (Å²) in [7, 11) is 0. The maximum atomic E-state index is 12.5. The number of fused-ring (bicyclic) bond motifs is 1. The maximum Gasteiger partial charge on any atom is 0.329 e. The van der Waals surface area contributed by atoms with Crippen molar-refractivity contribution in [2.45, 2.75) is 31.2 Å². The third kappa shape index (κ3) is 2.25. The molecule has 6 nitrogen and oxygen atoms in total. The van der Waals surface area contributed by atoms with Gasteiger partial charge in [-0.25, -0.2) is 9.78 Å². The number of nitrogens with one attached hydrogen (secondary N) is 1. The van der Waals surface area contributed by atoms with Gasteiger partial charge in [0, 0.05) is 6.20 Å². The Morgan fingerprint density at radius 1 is 1.33 bits per heavy atom. The molecule has 110 valence electrons. The highest BCUT2D eigenvalue weighted by Gasteiger charge is 2.43. The van der Waals surface area contributed by atoms with Crippen LogP contribution in [-0.4, -0.2) is 31.9 Å². The predicted octanol–water partition coefficient (Wildman–Crippen LogP) is 2.11. The normalized spacial score (nSPS) is 17.0. The zero-order chi connectivity index (χ0) is 15.0. The monoisotopic (exact) mass is 307 g/mol. The van der Waals surface area contributed by atoms with Crippen LogP contribution in [-0.2, 0) is 4.79 Å². The summed E-state index contributed by atoms with van der Waals surface area (Å²) in [6.07, 6.45) is 4.11. The van der Waals surface area contributed by atoms with E-state index >= 15 is 0 Å². The fourth-order valence-electron chi connectivity index (χ4n) is 2.82. The number of aliphatic carboxylic acids is 1. The second-order valence-electron chi connectivity index (χ2n) is 5.23. The molecule has 2 heterocycles. The quantitative estimate of drug-likeness (QED) is 0.909. The van der Waals surface area contributed by atoms with Crippen molar-refractivity contribution in [3.8, 4) is 0 Å². The summed E-state index contributed by atoms with van der Waals surface area (Å²) in [6, 6.07) is 5.27. The van der Waals surface area contributed by atoms with E-state index in [2.05, 4.69) is 10.3 Å². The second-order valence-corrected chi connectivity index (χ2v) is 5.59. The molecular weight excluding hydrogens is 294 g/mol. The van der Waals surface area contributed by atoms with Gasteiger partial charge in [-0.2, -0.15) is 0 Å². The number of hydrogen-bond donors (Lipinski definition) is 2. The van der Waals surface area contributed by atoms with E-state index in [9.17, 15) is 14.7 Å². The summed E-state index contributed by atoms with van der Waals surface area (Å²) in [5, 5.41) is 12.1. The largest absolute Gasteiger partial charge is 0.480 e. The van der Waals surface area contributed by atoms with Crippen LogP contribution >= 0.6 is 11.6 Å². The van der Waals surface area contributed by atoms with Gasteiger partial charge in [-0.1, -0.05) is 30.5 Å². The lowest BCUT2D eigenvalue weighted by atomic mass is 9.97. The zero-order valence-electron chi connectivity index (χ0n) is 11.2. The molecule has 0 aromatic carbocycles. The fraction of sp³-hybridized carbons (Fsp3) is 0.357. The second kappa shape index (κ2) is 5.04. The van der Waals surface area contributed by atoms with Crippen molar-refractivity contribution in [2.24, 2.45) is 0 Å². The molecule has 21 heavy (non-hydrogen) atoms. The van der Waals surface area contributed by atoms with Crippen LogP contribution in [0.1, 0.15) is 36.2 Å². The number of rotatable bonds is 3. The first kappa shape index (κ1) is 13.9. The molecule has 1 aliphatic carbocycles. The molecule has 0 atom stereocenters. The number of carboxylic acids is 1. The molecule has 2 N–H and O–H groups in total. The van der Waals surface area contributed by atoms with Gasteiger partial charge >= 0.3 is 5.97 Å². The van der Waals surface area contributed by atoms with Crippen molar-refractivity contribution in [1.29, 1.82) is 0 Å².